The lowest BCUT2D eigenvalue weighted by Crippen LogP contribution is -2.55. The topological polar surface area (TPSA) is 50.6 Å². The van der Waals surface area contributed by atoms with Crippen molar-refractivity contribution in [2.45, 2.75) is 32.0 Å². The predicted molar refractivity (Wildman–Crippen MR) is 124 cm³/mol. The third kappa shape index (κ3) is 3.98. The van der Waals surface area contributed by atoms with E-state index in [-0.39, 0.29) is 17.8 Å². The van der Waals surface area contributed by atoms with Gasteiger partial charge in [-0.25, -0.2) is 4.98 Å². The van der Waals surface area contributed by atoms with Gasteiger partial charge in [-0.2, -0.15) is 0 Å². The molecule has 0 aliphatic carbocycles. The first-order chi connectivity index (χ1) is 15.0. The second kappa shape index (κ2) is 8.09. The smallest absolute Gasteiger partial charge is 0.253 e. The van der Waals surface area contributed by atoms with Crippen LogP contribution in [0.5, 0.6) is 0 Å². The van der Waals surface area contributed by atoms with Gasteiger partial charge in [-0.3, -0.25) is 14.3 Å². The minimum atomic E-state index is -0.0272. The number of morpholine rings is 1. The summed E-state index contributed by atoms with van der Waals surface area (Å²) in [5, 5.41) is 1.01. The van der Waals surface area contributed by atoms with Crippen LogP contribution < -0.4 is 10.5 Å². The Morgan fingerprint density at radius 1 is 1.10 bits per heavy atom. The Morgan fingerprint density at radius 2 is 1.87 bits per heavy atom. The van der Waals surface area contributed by atoms with Crippen LogP contribution in [0.25, 0.3) is 11.0 Å². The fraction of sp³-hybridized carbons (Fsp3) is 0.440. The van der Waals surface area contributed by atoms with Crippen molar-refractivity contribution in [1.29, 1.82) is 0 Å². The van der Waals surface area contributed by atoms with Crippen molar-refractivity contribution >= 4 is 16.7 Å². The van der Waals surface area contributed by atoms with Gasteiger partial charge in [-0.1, -0.05) is 29.8 Å². The molecule has 6 nitrogen and oxygen atoms in total. The van der Waals surface area contributed by atoms with Crippen molar-refractivity contribution in [2.24, 2.45) is 7.05 Å². The van der Waals surface area contributed by atoms with E-state index in [4.69, 9.17) is 4.74 Å². The Kier molecular flexibility index (Phi) is 5.28. The Hall–Kier alpha value is -2.70. The normalized spacial score (nSPS) is 22.6. The van der Waals surface area contributed by atoms with E-state index in [1.165, 1.54) is 11.1 Å². The number of likely N-dealkylation sites (tertiary alicyclic amines) is 1. The van der Waals surface area contributed by atoms with Crippen LogP contribution in [0.1, 0.15) is 24.0 Å². The molecule has 2 aromatic heterocycles. The lowest BCUT2D eigenvalue weighted by atomic mass is 9.90. The highest BCUT2D eigenvalue weighted by Gasteiger charge is 2.33. The molecular weight excluding hydrogens is 388 g/mol. The van der Waals surface area contributed by atoms with Crippen LogP contribution in [0.4, 0.5) is 5.69 Å². The molecule has 2 fully saturated rings. The summed E-state index contributed by atoms with van der Waals surface area (Å²) >= 11 is 0. The number of nitrogens with zero attached hydrogens (tertiary/aromatic N) is 4. The Labute approximate surface area is 183 Å². The molecule has 0 amide bonds. The number of anilines is 1. The van der Waals surface area contributed by atoms with E-state index in [9.17, 15) is 4.79 Å². The van der Waals surface area contributed by atoms with Crippen molar-refractivity contribution in [3.63, 3.8) is 0 Å². The summed E-state index contributed by atoms with van der Waals surface area (Å²) in [6, 6.07) is 14.6. The molecule has 0 radical (unpaired) electrons. The van der Waals surface area contributed by atoms with E-state index in [1.54, 1.807) is 23.9 Å². The van der Waals surface area contributed by atoms with Crippen LogP contribution in [0.15, 0.2) is 53.5 Å². The summed E-state index contributed by atoms with van der Waals surface area (Å²) in [4.78, 5) is 21.8. The summed E-state index contributed by atoms with van der Waals surface area (Å²) < 4.78 is 7.90. The van der Waals surface area contributed by atoms with Gasteiger partial charge in [0, 0.05) is 63.3 Å². The Balaban J connectivity index is 1.29. The molecule has 4 heterocycles. The maximum absolute atomic E-state index is 12.5. The number of hydrogen-bond acceptors (Lipinski definition) is 5. The Morgan fingerprint density at radius 3 is 2.65 bits per heavy atom. The molecule has 2 aliphatic heterocycles. The van der Waals surface area contributed by atoms with Gasteiger partial charge in [-0.15, -0.1) is 0 Å². The highest BCUT2D eigenvalue weighted by Crippen LogP contribution is 2.30. The molecule has 0 N–H and O–H groups in total. The molecule has 5 rings (SSSR count). The first kappa shape index (κ1) is 20.2. The monoisotopic (exact) mass is 418 g/mol. The fourth-order valence-electron chi connectivity index (χ4n) is 4.92. The minimum Gasteiger partial charge on any atom is -0.370 e. The highest BCUT2D eigenvalue weighted by molar-refractivity contribution is 5.89. The molecule has 162 valence electrons. The number of fused-ring (bicyclic) bond motifs is 1. The standard InChI is InChI=1S/C25H30N4O2/c1-17-6-8-19(9-7-17)20-13-28(14-20)15-21-16-29(12-18(2)31-21)23-11-24(30)27(3)25-22(23)5-4-10-26-25/h4-11,18,20-21H,12-16H2,1-3H3. The van der Waals surface area contributed by atoms with E-state index < -0.39 is 0 Å². The first-order valence-corrected chi connectivity index (χ1v) is 11.1. The maximum Gasteiger partial charge on any atom is 0.253 e. The molecule has 2 saturated heterocycles. The van der Waals surface area contributed by atoms with Gasteiger partial charge in [0.25, 0.3) is 5.56 Å². The van der Waals surface area contributed by atoms with E-state index in [0.717, 1.165) is 49.4 Å². The number of pyridine rings is 2. The van der Waals surface area contributed by atoms with Crippen LogP contribution in [-0.4, -0.2) is 59.4 Å². The molecule has 0 spiro atoms. The van der Waals surface area contributed by atoms with E-state index >= 15 is 0 Å². The molecule has 2 aliphatic rings. The average molecular weight is 419 g/mol. The lowest BCUT2D eigenvalue weighted by molar-refractivity contribution is -0.0434. The molecule has 2 atom stereocenters. The van der Waals surface area contributed by atoms with Gasteiger partial charge in [-0.05, 0) is 31.5 Å². The maximum atomic E-state index is 12.5. The summed E-state index contributed by atoms with van der Waals surface area (Å²) in [7, 11) is 1.78. The van der Waals surface area contributed by atoms with Crippen molar-refractivity contribution in [3.05, 3.63) is 70.1 Å². The third-order valence-electron chi connectivity index (χ3n) is 6.61. The molecule has 2 unspecified atom stereocenters. The van der Waals surface area contributed by atoms with Crippen LogP contribution in [0.3, 0.4) is 0 Å². The summed E-state index contributed by atoms with van der Waals surface area (Å²) in [6.07, 6.45) is 1.98. The van der Waals surface area contributed by atoms with Crippen molar-refractivity contribution in [1.82, 2.24) is 14.5 Å². The number of ether oxygens (including phenoxy) is 1. The van der Waals surface area contributed by atoms with Crippen LogP contribution in [-0.2, 0) is 11.8 Å². The van der Waals surface area contributed by atoms with Gasteiger partial charge in [0.05, 0.1) is 17.9 Å². The molecule has 0 bridgehead atoms. The van der Waals surface area contributed by atoms with Gasteiger partial charge < -0.3 is 9.64 Å². The zero-order valence-corrected chi connectivity index (χ0v) is 18.5. The van der Waals surface area contributed by atoms with Crippen LogP contribution in [0.2, 0.25) is 0 Å². The number of rotatable bonds is 4. The van der Waals surface area contributed by atoms with Gasteiger partial charge >= 0.3 is 0 Å². The van der Waals surface area contributed by atoms with Crippen molar-refractivity contribution in [3.8, 4) is 0 Å². The molecule has 3 aromatic rings. The largest absolute Gasteiger partial charge is 0.370 e. The molecule has 1 aromatic carbocycles. The molecule has 31 heavy (non-hydrogen) atoms. The molecular formula is C25H30N4O2. The van der Waals surface area contributed by atoms with Crippen molar-refractivity contribution < 1.29 is 4.74 Å². The van der Waals surface area contributed by atoms with Gasteiger partial charge in [0.1, 0.15) is 5.65 Å². The lowest BCUT2D eigenvalue weighted by Gasteiger charge is -2.45. The van der Waals surface area contributed by atoms with Gasteiger partial charge in [0.15, 0.2) is 0 Å². The average Bonchev–Trinajstić information content (AvgIpc) is 2.73. The number of aromatic nitrogens is 2. The second-order valence-electron chi connectivity index (χ2n) is 9.10. The second-order valence-corrected chi connectivity index (χ2v) is 9.10. The summed E-state index contributed by atoms with van der Waals surface area (Å²) in [5.74, 6) is 0.616. The zero-order valence-electron chi connectivity index (χ0n) is 18.5. The number of hydrogen-bond donors (Lipinski definition) is 0. The summed E-state index contributed by atoms with van der Waals surface area (Å²) in [6.45, 7) is 8.89. The molecule has 6 heteroatoms. The quantitative estimate of drug-likeness (QED) is 0.652. The first-order valence-electron chi connectivity index (χ1n) is 11.1. The fourth-order valence-corrected chi connectivity index (χ4v) is 4.92. The molecule has 0 saturated carbocycles. The van der Waals surface area contributed by atoms with Crippen LogP contribution >= 0.6 is 0 Å². The number of aryl methyl sites for hydroxylation is 2. The zero-order chi connectivity index (χ0) is 21.5. The SMILES string of the molecule is Cc1ccc(C2CN(CC3CN(c4cc(=O)n(C)c5ncccc45)CC(C)O3)C2)cc1. The van der Waals surface area contributed by atoms with E-state index in [1.807, 2.05) is 12.1 Å². The van der Waals surface area contributed by atoms with Crippen molar-refractivity contribution in [2.75, 3.05) is 37.6 Å². The minimum absolute atomic E-state index is 0.0272. The van der Waals surface area contributed by atoms with E-state index in [0.29, 0.717) is 5.92 Å². The summed E-state index contributed by atoms with van der Waals surface area (Å²) in [5.41, 5.74) is 4.40. The van der Waals surface area contributed by atoms with Crippen LogP contribution in [0, 0.1) is 6.92 Å². The van der Waals surface area contributed by atoms with Gasteiger partial charge in [0.2, 0.25) is 0 Å². The Bertz CT molecular complexity index is 1130. The third-order valence-corrected chi connectivity index (χ3v) is 6.61. The van der Waals surface area contributed by atoms with E-state index in [2.05, 4.69) is 52.9 Å². The number of benzene rings is 1. The highest BCUT2D eigenvalue weighted by atomic mass is 16.5. The predicted octanol–water partition coefficient (Wildman–Crippen LogP) is 2.94.